The molecule has 5 heteroatoms. The van der Waals surface area contributed by atoms with Gasteiger partial charge in [-0.1, -0.05) is 6.07 Å². The second kappa shape index (κ2) is 4.14. The first-order chi connectivity index (χ1) is 7.65. The van der Waals surface area contributed by atoms with Gasteiger partial charge < -0.3 is 9.73 Å². The molecule has 82 valence electrons. The molecule has 0 atom stereocenters. The Labute approximate surface area is 91.1 Å². The van der Waals surface area contributed by atoms with Crippen LogP contribution in [-0.2, 0) is 0 Å². The summed E-state index contributed by atoms with van der Waals surface area (Å²) in [4.78, 5) is 15.4. The van der Waals surface area contributed by atoms with E-state index < -0.39 is 11.7 Å². The summed E-state index contributed by atoms with van der Waals surface area (Å²) in [6, 6.07) is 5.63. The Morgan fingerprint density at radius 1 is 1.50 bits per heavy atom. The summed E-state index contributed by atoms with van der Waals surface area (Å²) in [5.41, 5.74) is 0.549. The molecule has 0 unspecified atom stereocenters. The monoisotopic (exact) mass is 220 g/mol. The van der Waals surface area contributed by atoms with E-state index in [1.165, 1.54) is 24.5 Å². The van der Waals surface area contributed by atoms with Crippen molar-refractivity contribution in [2.45, 2.75) is 6.92 Å². The largest absolute Gasteiger partial charge is 0.448 e. The van der Waals surface area contributed by atoms with Gasteiger partial charge in [-0.25, -0.2) is 9.37 Å². The number of hydrogen-bond donors (Lipinski definition) is 1. The van der Waals surface area contributed by atoms with E-state index in [1.807, 2.05) is 0 Å². The molecule has 1 heterocycles. The highest BCUT2D eigenvalue weighted by Crippen LogP contribution is 2.11. The number of oxazole rings is 1. The van der Waals surface area contributed by atoms with Crippen LogP contribution < -0.4 is 5.32 Å². The minimum atomic E-state index is -0.428. The molecule has 1 amide bonds. The number of aryl methyl sites for hydroxylation is 1. The summed E-state index contributed by atoms with van der Waals surface area (Å²) in [7, 11) is 0. The first-order valence-corrected chi connectivity index (χ1v) is 4.64. The second-order valence-electron chi connectivity index (χ2n) is 3.22. The number of carbonyl (C=O) groups is 1. The van der Waals surface area contributed by atoms with Gasteiger partial charge in [0, 0.05) is 12.6 Å². The van der Waals surface area contributed by atoms with Crippen LogP contribution in [-0.4, -0.2) is 10.9 Å². The summed E-state index contributed by atoms with van der Waals surface area (Å²) in [5, 5.41) is 2.51. The Bertz CT molecular complexity index is 522. The molecule has 0 fully saturated rings. The fourth-order valence-electron chi connectivity index (χ4n) is 1.23. The first kappa shape index (κ1) is 10.4. The summed E-state index contributed by atoms with van der Waals surface area (Å²) < 4.78 is 17.7. The number of hydrogen-bond acceptors (Lipinski definition) is 3. The molecular formula is C11H9FN2O2. The van der Waals surface area contributed by atoms with Crippen LogP contribution in [0.1, 0.15) is 16.4 Å². The van der Waals surface area contributed by atoms with Crippen LogP contribution in [0.15, 0.2) is 34.9 Å². The molecule has 0 radical (unpaired) electrons. The van der Waals surface area contributed by atoms with Crippen LogP contribution in [0.4, 0.5) is 10.1 Å². The number of nitrogens with zero attached hydrogens (tertiary/aromatic N) is 1. The van der Waals surface area contributed by atoms with E-state index in [2.05, 4.69) is 10.3 Å². The quantitative estimate of drug-likeness (QED) is 0.845. The highest BCUT2D eigenvalue weighted by molar-refractivity contribution is 6.02. The van der Waals surface area contributed by atoms with Crippen molar-refractivity contribution < 1.29 is 13.6 Å². The molecule has 2 aromatic rings. The molecule has 1 aromatic carbocycles. The standard InChI is InChI=1S/C11H9FN2O2/c1-7-13-10(6-16-7)11(15)14-9-4-2-3-8(12)5-9/h2-6H,1H3,(H,14,15). The van der Waals surface area contributed by atoms with Gasteiger partial charge in [0.25, 0.3) is 5.91 Å². The van der Waals surface area contributed by atoms with E-state index in [4.69, 9.17) is 4.42 Å². The van der Waals surface area contributed by atoms with E-state index in [9.17, 15) is 9.18 Å². The van der Waals surface area contributed by atoms with Gasteiger partial charge in [0.05, 0.1) is 0 Å². The first-order valence-electron chi connectivity index (χ1n) is 4.64. The van der Waals surface area contributed by atoms with Crippen molar-refractivity contribution in [3.05, 3.63) is 47.9 Å². The molecule has 0 bridgehead atoms. The number of aromatic nitrogens is 1. The van der Waals surface area contributed by atoms with Crippen LogP contribution in [0.3, 0.4) is 0 Å². The van der Waals surface area contributed by atoms with Crippen LogP contribution in [0.25, 0.3) is 0 Å². The lowest BCUT2D eigenvalue weighted by atomic mass is 10.3. The summed E-state index contributed by atoms with van der Waals surface area (Å²) in [6.07, 6.45) is 1.25. The maximum Gasteiger partial charge on any atom is 0.277 e. The van der Waals surface area contributed by atoms with Gasteiger partial charge in [0.15, 0.2) is 11.6 Å². The molecule has 1 N–H and O–H groups in total. The number of nitrogens with one attached hydrogen (secondary N) is 1. The molecule has 16 heavy (non-hydrogen) atoms. The van der Waals surface area contributed by atoms with E-state index >= 15 is 0 Å². The zero-order valence-electron chi connectivity index (χ0n) is 8.53. The van der Waals surface area contributed by atoms with E-state index in [0.717, 1.165) is 0 Å². The summed E-state index contributed by atoms with van der Waals surface area (Å²) >= 11 is 0. The van der Waals surface area contributed by atoms with Gasteiger partial charge in [-0.2, -0.15) is 0 Å². The van der Waals surface area contributed by atoms with E-state index in [0.29, 0.717) is 11.6 Å². The molecule has 0 aliphatic carbocycles. The van der Waals surface area contributed by atoms with Crippen molar-refractivity contribution >= 4 is 11.6 Å². The summed E-state index contributed by atoms with van der Waals surface area (Å²) in [5.74, 6) is -0.430. The topological polar surface area (TPSA) is 55.1 Å². The molecule has 0 aliphatic rings. The Morgan fingerprint density at radius 3 is 2.94 bits per heavy atom. The van der Waals surface area contributed by atoms with Gasteiger partial charge in [0.1, 0.15) is 12.1 Å². The molecule has 0 saturated carbocycles. The predicted molar refractivity (Wildman–Crippen MR) is 55.6 cm³/mol. The Hall–Kier alpha value is -2.17. The fraction of sp³-hybridized carbons (Fsp3) is 0.0909. The highest BCUT2D eigenvalue weighted by Gasteiger charge is 2.10. The average Bonchev–Trinajstić information content (AvgIpc) is 2.65. The normalized spacial score (nSPS) is 10.1. The molecule has 0 spiro atoms. The van der Waals surface area contributed by atoms with Crippen molar-refractivity contribution in [1.29, 1.82) is 0 Å². The third-order valence-electron chi connectivity index (χ3n) is 1.93. The van der Waals surface area contributed by atoms with Crippen molar-refractivity contribution in [1.82, 2.24) is 4.98 Å². The van der Waals surface area contributed by atoms with Crippen LogP contribution >= 0.6 is 0 Å². The van der Waals surface area contributed by atoms with Crippen molar-refractivity contribution in [3.8, 4) is 0 Å². The minimum absolute atomic E-state index is 0.168. The van der Waals surface area contributed by atoms with Crippen molar-refractivity contribution in [2.24, 2.45) is 0 Å². The number of halogens is 1. The number of rotatable bonds is 2. The number of anilines is 1. The van der Waals surface area contributed by atoms with E-state index in [1.54, 1.807) is 13.0 Å². The van der Waals surface area contributed by atoms with Gasteiger partial charge >= 0.3 is 0 Å². The lowest BCUT2D eigenvalue weighted by Gasteiger charge is -2.01. The number of benzene rings is 1. The average molecular weight is 220 g/mol. The van der Waals surface area contributed by atoms with Gasteiger partial charge in [-0.15, -0.1) is 0 Å². The highest BCUT2D eigenvalue weighted by atomic mass is 19.1. The summed E-state index contributed by atoms with van der Waals surface area (Å²) in [6.45, 7) is 1.64. The Morgan fingerprint density at radius 2 is 2.31 bits per heavy atom. The minimum Gasteiger partial charge on any atom is -0.448 e. The third kappa shape index (κ3) is 2.25. The fourth-order valence-corrected chi connectivity index (χ4v) is 1.23. The Balaban J connectivity index is 2.13. The lowest BCUT2D eigenvalue weighted by Crippen LogP contribution is -2.12. The maximum atomic E-state index is 12.8. The maximum absolute atomic E-state index is 12.8. The zero-order valence-corrected chi connectivity index (χ0v) is 8.53. The van der Waals surface area contributed by atoms with E-state index in [-0.39, 0.29) is 5.69 Å². The zero-order chi connectivity index (χ0) is 11.5. The second-order valence-corrected chi connectivity index (χ2v) is 3.22. The molecule has 2 rings (SSSR count). The SMILES string of the molecule is Cc1nc(C(=O)Nc2cccc(F)c2)co1. The third-order valence-corrected chi connectivity index (χ3v) is 1.93. The van der Waals surface area contributed by atoms with Crippen LogP contribution in [0.5, 0.6) is 0 Å². The molecule has 4 nitrogen and oxygen atoms in total. The van der Waals surface area contributed by atoms with Crippen LogP contribution in [0, 0.1) is 12.7 Å². The lowest BCUT2D eigenvalue weighted by molar-refractivity contribution is 0.102. The number of amides is 1. The van der Waals surface area contributed by atoms with Crippen molar-refractivity contribution in [2.75, 3.05) is 5.32 Å². The predicted octanol–water partition coefficient (Wildman–Crippen LogP) is 2.37. The molecule has 0 aliphatic heterocycles. The Kier molecular flexibility index (Phi) is 2.68. The van der Waals surface area contributed by atoms with Gasteiger partial charge in [0.2, 0.25) is 0 Å². The number of carbonyl (C=O) groups excluding carboxylic acids is 1. The van der Waals surface area contributed by atoms with Gasteiger partial charge in [-0.05, 0) is 18.2 Å². The van der Waals surface area contributed by atoms with Gasteiger partial charge in [-0.3, -0.25) is 4.79 Å². The smallest absolute Gasteiger partial charge is 0.277 e. The molecule has 1 aromatic heterocycles. The van der Waals surface area contributed by atoms with Crippen LogP contribution in [0.2, 0.25) is 0 Å². The molecule has 0 saturated heterocycles. The van der Waals surface area contributed by atoms with Crippen molar-refractivity contribution in [3.63, 3.8) is 0 Å². The molecular weight excluding hydrogens is 211 g/mol.